The van der Waals surface area contributed by atoms with Gasteiger partial charge in [0, 0.05) is 14.1 Å². The normalized spacial score (nSPS) is 25.0. The molecule has 0 bridgehead atoms. The maximum absolute atomic E-state index is 11.0. The van der Waals surface area contributed by atoms with Crippen LogP contribution < -0.4 is 4.72 Å². The molecule has 1 aliphatic heterocycles. The summed E-state index contributed by atoms with van der Waals surface area (Å²) in [6.07, 6.45) is -0.977. The highest BCUT2D eigenvalue weighted by Crippen LogP contribution is 2.04. The molecular formula is C4H7N3O4S. The highest BCUT2D eigenvalue weighted by Gasteiger charge is 2.33. The van der Waals surface area contributed by atoms with E-state index in [9.17, 15) is 13.2 Å². The molecule has 12 heavy (non-hydrogen) atoms. The van der Waals surface area contributed by atoms with Gasteiger partial charge in [0.2, 0.25) is 0 Å². The highest BCUT2D eigenvalue weighted by molar-refractivity contribution is 7.88. The lowest BCUT2D eigenvalue weighted by Crippen LogP contribution is -2.52. The minimum Gasteiger partial charge on any atom is -0.374 e. The first kappa shape index (κ1) is 8.78. The maximum atomic E-state index is 11.0. The summed E-state index contributed by atoms with van der Waals surface area (Å²) in [7, 11) is -1.41. The van der Waals surface area contributed by atoms with E-state index in [1.807, 2.05) is 4.72 Å². The number of carbonyl (C=O) groups is 1. The Kier molecular flexibility index (Phi) is 1.92. The van der Waals surface area contributed by atoms with Gasteiger partial charge in [-0.1, -0.05) is 0 Å². The number of ether oxygens (including phenoxy) is 1. The van der Waals surface area contributed by atoms with E-state index in [0.717, 1.165) is 7.05 Å². The number of amides is 1. The zero-order valence-corrected chi connectivity index (χ0v) is 7.25. The Hall–Kier alpha value is -1.31. The lowest BCUT2D eigenvalue weighted by molar-refractivity contribution is 0.175. The molecule has 1 amide bonds. The van der Waals surface area contributed by atoms with Crippen LogP contribution >= 0.6 is 0 Å². The van der Waals surface area contributed by atoms with E-state index < -0.39 is 16.3 Å². The summed E-state index contributed by atoms with van der Waals surface area (Å²) >= 11 is 0. The van der Waals surface area contributed by atoms with Crippen LogP contribution in [0.3, 0.4) is 0 Å². The lowest BCUT2D eigenvalue weighted by atomic mass is 11.0. The summed E-state index contributed by atoms with van der Waals surface area (Å²) < 4.78 is 28.8. The Labute approximate surface area is 69.2 Å². The zero-order valence-electron chi connectivity index (χ0n) is 6.44. The van der Waals surface area contributed by atoms with Crippen LogP contribution in [0.2, 0.25) is 0 Å². The molecule has 1 heterocycles. The summed E-state index contributed by atoms with van der Waals surface area (Å²) in [4.78, 5) is 14.2. The van der Waals surface area contributed by atoms with Crippen molar-refractivity contribution in [3.8, 4) is 0 Å². The van der Waals surface area contributed by atoms with Crippen molar-refractivity contribution in [1.82, 2.24) is 9.03 Å². The Morgan fingerprint density at radius 1 is 1.58 bits per heavy atom. The molecule has 0 aliphatic carbocycles. The molecule has 0 atom stereocenters. The van der Waals surface area contributed by atoms with Crippen molar-refractivity contribution in [2.75, 3.05) is 14.1 Å². The van der Waals surface area contributed by atoms with Gasteiger partial charge in [0.25, 0.3) is 0 Å². The smallest absolute Gasteiger partial charge is 0.374 e. The number of aliphatic imine (C=N–C) groups is 1. The fraction of sp³-hybridized carbons (Fsp3) is 0.500. The summed E-state index contributed by atoms with van der Waals surface area (Å²) in [5, 5.41) is 0. The third-order valence-corrected chi connectivity index (χ3v) is 2.52. The molecule has 0 aromatic rings. The summed E-state index contributed by atoms with van der Waals surface area (Å²) in [6, 6.07) is -0.321. The first-order chi connectivity index (χ1) is 5.47. The first-order valence-electron chi connectivity index (χ1n) is 2.92. The van der Waals surface area contributed by atoms with Crippen molar-refractivity contribution in [2.45, 2.75) is 0 Å². The van der Waals surface area contributed by atoms with E-state index in [0.29, 0.717) is 4.31 Å². The molecular weight excluding hydrogens is 186 g/mol. The van der Waals surface area contributed by atoms with Crippen molar-refractivity contribution in [3.05, 3.63) is 0 Å². The second-order valence-corrected chi connectivity index (χ2v) is 3.67. The minimum atomic E-state index is -3.79. The van der Waals surface area contributed by atoms with E-state index >= 15 is 0 Å². The fourth-order valence-corrected chi connectivity index (χ4v) is 1.26. The molecule has 0 radical (unpaired) electrons. The Balaban J connectivity index is 3.03. The Morgan fingerprint density at radius 3 is 2.58 bits per heavy atom. The van der Waals surface area contributed by atoms with E-state index in [-0.39, 0.29) is 6.02 Å². The predicted molar refractivity (Wildman–Crippen MR) is 39.7 cm³/mol. The van der Waals surface area contributed by atoms with Crippen LogP contribution in [0.4, 0.5) is 4.79 Å². The predicted octanol–water partition coefficient (Wildman–Crippen LogP) is -1.11. The van der Waals surface area contributed by atoms with Crippen LogP contribution in [-0.4, -0.2) is 38.9 Å². The molecule has 0 aromatic heterocycles. The number of carbonyl (C=O) groups excluding carboxylic acids is 1. The molecule has 1 aliphatic rings. The number of rotatable bonds is 0. The van der Waals surface area contributed by atoms with Crippen molar-refractivity contribution in [3.63, 3.8) is 0 Å². The van der Waals surface area contributed by atoms with Crippen LogP contribution in [0.25, 0.3) is 0 Å². The van der Waals surface area contributed by atoms with Gasteiger partial charge in [-0.05, 0) is 0 Å². The van der Waals surface area contributed by atoms with Crippen molar-refractivity contribution in [1.29, 1.82) is 0 Å². The number of hydrogen-bond acceptors (Lipinski definition) is 5. The minimum absolute atomic E-state index is 0.321. The van der Waals surface area contributed by atoms with Crippen LogP contribution in [-0.2, 0) is 14.9 Å². The maximum Gasteiger partial charge on any atom is 0.432 e. The van der Waals surface area contributed by atoms with Crippen LogP contribution in [0.15, 0.2) is 4.99 Å². The van der Waals surface area contributed by atoms with Crippen LogP contribution in [0, 0.1) is 0 Å². The zero-order chi connectivity index (χ0) is 9.35. The van der Waals surface area contributed by atoms with Gasteiger partial charge in [-0.25, -0.2) is 14.5 Å². The van der Waals surface area contributed by atoms with Gasteiger partial charge in [-0.15, -0.1) is 0 Å². The second-order valence-electron chi connectivity index (χ2n) is 1.97. The Bertz CT molecular complexity index is 332. The summed E-state index contributed by atoms with van der Waals surface area (Å²) in [5.41, 5.74) is 0. The van der Waals surface area contributed by atoms with E-state index in [2.05, 4.69) is 9.73 Å². The molecule has 1 rings (SSSR count). The average molecular weight is 193 g/mol. The van der Waals surface area contributed by atoms with E-state index in [1.54, 1.807) is 0 Å². The molecule has 0 unspecified atom stereocenters. The molecule has 1 saturated heterocycles. The van der Waals surface area contributed by atoms with Gasteiger partial charge in [-0.2, -0.15) is 12.7 Å². The lowest BCUT2D eigenvalue weighted by Gasteiger charge is -2.23. The average Bonchev–Trinajstić information content (AvgIpc) is 1.99. The molecule has 1 fully saturated rings. The van der Waals surface area contributed by atoms with Gasteiger partial charge < -0.3 is 4.74 Å². The van der Waals surface area contributed by atoms with Crippen molar-refractivity contribution in [2.24, 2.45) is 4.99 Å². The molecule has 0 aromatic carbocycles. The molecule has 8 heteroatoms. The molecule has 7 nitrogen and oxygen atoms in total. The second kappa shape index (κ2) is 2.63. The summed E-state index contributed by atoms with van der Waals surface area (Å²) in [5.74, 6) is 0. The molecule has 68 valence electrons. The van der Waals surface area contributed by atoms with E-state index in [1.165, 1.54) is 7.05 Å². The first-order valence-corrected chi connectivity index (χ1v) is 4.36. The van der Waals surface area contributed by atoms with Gasteiger partial charge in [0.1, 0.15) is 0 Å². The monoisotopic (exact) mass is 193 g/mol. The van der Waals surface area contributed by atoms with Crippen molar-refractivity contribution >= 4 is 22.3 Å². The SMILES string of the molecule is CN=C1NS(=O)(=O)N(C)C(=O)O1. The van der Waals surface area contributed by atoms with Gasteiger partial charge in [0.05, 0.1) is 0 Å². The van der Waals surface area contributed by atoms with Crippen LogP contribution in [0.1, 0.15) is 0 Å². The van der Waals surface area contributed by atoms with Crippen LogP contribution in [0.5, 0.6) is 0 Å². The quantitative estimate of drug-likeness (QED) is 0.528. The van der Waals surface area contributed by atoms with Gasteiger partial charge in [0.15, 0.2) is 0 Å². The number of cyclic esters (lactones) is 1. The standard InChI is InChI=1S/C4H7N3O4S/c1-5-3-6-12(9,10)7(2)4(8)11-3/h1-2H3,(H,5,6). The third-order valence-electron chi connectivity index (χ3n) is 1.22. The summed E-state index contributed by atoms with van der Waals surface area (Å²) in [6.45, 7) is 0. The van der Waals surface area contributed by atoms with Crippen molar-refractivity contribution < 1.29 is 17.9 Å². The Morgan fingerprint density at radius 2 is 2.17 bits per heavy atom. The third kappa shape index (κ3) is 1.33. The number of nitrogens with zero attached hydrogens (tertiary/aromatic N) is 2. The fourth-order valence-electron chi connectivity index (χ4n) is 0.536. The van der Waals surface area contributed by atoms with Gasteiger partial charge >= 0.3 is 22.3 Å². The number of hydrogen-bond donors (Lipinski definition) is 1. The topological polar surface area (TPSA) is 88.1 Å². The number of amidine groups is 1. The van der Waals surface area contributed by atoms with E-state index in [4.69, 9.17) is 0 Å². The molecule has 0 spiro atoms. The number of nitrogens with one attached hydrogen (secondary N) is 1. The molecule has 0 saturated carbocycles. The molecule has 1 N–H and O–H groups in total. The highest BCUT2D eigenvalue weighted by atomic mass is 32.2. The van der Waals surface area contributed by atoms with Gasteiger partial charge in [-0.3, -0.25) is 0 Å². The largest absolute Gasteiger partial charge is 0.432 e.